The average Bonchev–Trinajstić information content (AvgIpc) is 2.41. The van der Waals surface area contributed by atoms with Crippen molar-refractivity contribution in [1.82, 2.24) is 0 Å². The zero-order valence-corrected chi connectivity index (χ0v) is 11.3. The van der Waals surface area contributed by atoms with Crippen LogP contribution >= 0.6 is 15.9 Å². The van der Waals surface area contributed by atoms with Crippen LogP contribution in [0.5, 0.6) is 0 Å². The molecule has 0 amide bonds. The first-order valence-corrected chi connectivity index (χ1v) is 6.40. The zero-order valence-electron chi connectivity index (χ0n) is 9.68. The van der Waals surface area contributed by atoms with E-state index in [0.717, 1.165) is 11.1 Å². The van der Waals surface area contributed by atoms with E-state index in [2.05, 4.69) is 15.9 Å². The summed E-state index contributed by atoms with van der Waals surface area (Å²) in [7, 11) is 0. The molecule has 0 saturated heterocycles. The second-order valence-electron chi connectivity index (χ2n) is 3.81. The second kappa shape index (κ2) is 6.31. The molecule has 0 aliphatic carbocycles. The highest BCUT2D eigenvalue weighted by atomic mass is 79.9. The van der Waals surface area contributed by atoms with E-state index in [1.54, 1.807) is 6.08 Å². The summed E-state index contributed by atoms with van der Waals surface area (Å²) in [5.74, 6) is -0.287. The normalized spacial score (nSPS) is 12.6. The third kappa shape index (κ3) is 3.67. The summed E-state index contributed by atoms with van der Waals surface area (Å²) in [5.41, 5.74) is 1.80. The molecule has 0 aliphatic heterocycles. The molecular formula is C16H12BrF. The fraction of sp³-hybridized carbons (Fsp3) is 0. The fourth-order valence-corrected chi connectivity index (χ4v) is 1.91. The topological polar surface area (TPSA) is 0 Å². The molecule has 2 heteroatoms. The van der Waals surface area contributed by atoms with Gasteiger partial charge in [-0.15, -0.1) is 0 Å². The van der Waals surface area contributed by atoms with Gasteiger partial charge in [0, 0.05) is 0 Å². The number of hydrogen-bond acceptors (Lipinski definition) is 0. The lowest BCUT2D eigenvalue weighted by atomic mass is 10.2. The lowest BCUT2D eigenvalue weighted by Gasteiger charge is -1.98. The van der Waals surface area contributed by atoms with Crippen molar-refractivity contribution in [2.24, 2.45) is 0 Å². The Hall–Kier alpha value is -1.67. The van der Waals surface area contributed by atoms with Gasteiger partial charge in [-0.1, -0.05) is 60.7 Å². The third-order valence-corrected chi connectivity index (χ3v) is 3.02. The molecule has 0 heterocycles. The van der Waals surface area contributed by atoms with Crippen LogP contribution in [-0.2, 0) is 0 Å². The maximum Gasteiger partial charge on any atom is 0.137 e. The monoisotopic (exact) mass is 302 g/mol. The summed E-state index contributed by atoms with van der Waals surface area (Å²) < 4.78 is 14.4. The standard InChI is InChI=1S/C16H12BrF/c17-15(11-13-7-3-1-4-8-13)16(18)12-14-9-5-2-6-10-14/h1-12H. The van der Waals surface area contributed by atoms with Crippen LogP contribution in [0.25, 0.3) is 12.2 Å². The van der Waals surface area contributed by atoms with Crippen molar-refractivity contribution in [3.05, 3.63) is 82.1 Å². The van der Waals surface area contributed by atoms with E-state index in [9.17, 15) is 4.39 Å². The molecule has 0 bridgehead atoms. The van der Waals surface area contributed by atoms with Gasteiger partial charge < -0.3 is 0 Å². The predicted octanol–water partition coefficient (Wildman–Crippen LogP) is 5.43. The molecule has 0 radical (unpaired) electrons. The van der Waals surface area contributed by atoms with Crippen molar-refractivity contribution in [1.29, 1.82) is 0 Å². The van der Waals surface area contributed by atoms with Crippen molar-refractivity contribution in [2.45, 2.75) is 0 Å². The summed E-state index contributed by atoms with van der Waals surface area (Å²) in [6, 6.07) is 19.0. The lowest BCUT2D eigenvalue weighted by molar-refractivity contribution is 0.673. The summed E-state index contributed by atoms with van der Waals surface area (Å²) in [6.45, 7) is 0. The first-order valence-electron chi connectivity index (χ1n) is 5.60. The molecule has 18 heavy (non-hydrogen) atoms. The van der Waals surface area contributed by atoms with Gasteiger partial charge >= 0.3 is 0 Å². The number of halogens is 2. The number of allylic oxidation sites excluding steroid dienone is 2. The maximum absolute atomic E-state index is 13.9. The molecule has 2 aromatic carbocycles. The SMILES string of the molecule is FC(=Cc1ccccc1)C(Br)=Cc1ccccc1. The smallest absolute Gasteiger partial charge is 0.137 e. The molecule has 90 valence electrons. The van der Waals surface area contributed by atoms with E-state index in [0.29, 0.717) is 4.48 Å². The first-order chi connectivity index (χ1) is 8.75. The Kier molecular flexibility index (Phi) is 4.48. The van der Waals surface area contributed by atoms with Crippen LogP contribution in [0.15, 0.2) is 71.0 Å². The molecule has 2 rings (SSSR count). The van der Waals surface area contributed by atoms with E-state index >= 15 is 0 Å². The van der Waals surface area contributed by atoms with E-state index < -0.39 is 0 Å². The number of hydrogen-bond donors (Lipinski definition) is 0. The Morgan fingerprint density at radius 1 is 0.778 bits per heavy atom. The van der Waals surface area contributed by atoms with Crippen molar-refractivity contribution in [3.63, 3.8) is 0 Å². The Morgan fingerprint density at radius 3 is 1.72 bits per heavy atom. The Labute approximate surface area is 115 Å². The quantitative estimate of drug-likeness (QED) is 0.663. The molecule has 0 aliphatic rings. The summed E-state index contributed by atoms with van der Waals surface area (Å²) >= 11 is 3.26. The lowest BCUT2D eigenvalue weighted by Crippen LogP contribution is -1.77. The zero-order chi connectivity index (χ0) is 12.8. The largest absolute Gasteiger partial charge is 0.206 e. The van der Waals surface area contributed by atoms with Crippen LogP contribution in [0.2, 0.25) is 0 Å². The Morgan fingerprint density at radius 2 is 1.22 bits per heavy atom. The highest BCUT2D eigenvalue weighted by Gasteiger charge is 2.00. The minimum atomic E-state index is -0.287. The Bertz CT molecular complexity index is 503. The van der Waals surface area contributed by atoms with Crippen molar-refractivity contribution in [2.75, 3.05) is 0 Å². The highest BCUT2D eigenvalue weighted by Crippen LogP contribution is 2.24. The molecule has 0 saturated carbocycles. The molecular weight excluding hydrogens is 291 g/mol. The van der Waals surface area contributed by atoms with Crippen molar-refractivity contribution >= 4 is 28.1 Å². The van der Waals surface area contributed by atoms with Crippen LogP contribution < -0.4 is 0 Å². The first kappa shape index (κ1) is 12.8. The van der Waals surface area contributed by atoms with Crippen LogP contribution in [0.4, 0.5) is 4.39 Å². The molecule has 0 spiro atoms. The molecule has 2 aromatic rings. The summed E-state index contributed by atoms with van der Waals surface area (Å²) in [6.07, 6.45) is 3.26. The fourth-order valence-electron chi connectivity index (χ4n) is 1.53. The van der Waals surface area contributed by atoms with E-state index in [1.807, 2.05) is 60.7 Å². The third-order valence-electron chi connectivity index (χ3n) is 2.41. The molecule has 0 nitrogen and oxygen atoms in total. The molecule has 0 aromatic heterocycles. The van der Waals surface area contributed by atoms with E-state index in [4.69, 9.17) is 0 Å². The maximum atomic E-state index is 13.9. The minimum absolute atomic E-state index is 0.287. The van der Waals surface area contributed by atoms with Gasteiger partial charge in [0.25, 0.3) is 0 Å². The minimum Gasteiger partial charge on any atom is -0.206 e. The molecule has 0 N–H and O–H groups in total. The van der Waals surface area contributed by atoms with Crippen molar-refractivity contribution in [3.8, 4) is 0 Å². The molecule has 0 fully saturated rings. The van der Waals surface area contributed by atoms with Crippen LogP contribution in [-0.4, -0.2) is 0 Å². The van der Waals surface area contributed by atoms with Crippen molar-refractivity contribution < 1.29 is 4.39 Å². The van der Waals surface area contributed by atoms with Gasteiger partial charge in [0.05, 0.1) is 4.48 Å². The summed E-state index contributed by atoms with van der Waals surface area (Å²) in [4.78, 5) is 0. The van der Waals surface area contributed by atoms with Gasteiger partial charge in [0.2, 0.25) is 0 Å². The van der Waals surface area contributed by atoms with Crippen LogP contribution in [0, 0.1) is 0 Å². The predicted molar refractivity (Wildman–Crippen MR) is 78.9 cm³/mol. The average molecular weight is 303 g/mol. The van der Waals surface area contributed by atoms with Crippen LogP contribution in [0.1, 0.15) is 11.1 Å². The van der Waals surface area contributed by atoms with Gasteiger partial charge in [-0.3, -0.25) is 0 Å². The highest BCUT2D eigenvalue weighted by molar-refractivity contribution is 9.12. The Balaban J connectivity index is 2.21. The van der Waals surface area contributed by atoms with Crippen LogP contribution in [0.3, 0.4) is 0 Å². The van der Waals surface area contributed by atoms with Gasteiger partial charge in [-0.05, 0) is 39.2 Å². The molecule has 0 atom stereocenters. The van der Waals surface area contributed by atoms with Gasteiger partial charge in [0.15, 0.2) is 0 Å². The molecule has 0 unspecified atom stereocenters. The number of rotatable bonds is 3. The van der Waals surface area contributed by atoms with E-state index in [1.165, 1.54) is 6.08 Å². The van der Waals surface area contributed by atoms with Gasteiger partial charge in [-0.2, -0.15) is 0 Å². The second-order valence-corrected chi connectivity index (χ2v) is 4.66. The number of benzene rings is 2. The van der Waals surface area contributed by atoms with Gasteiger partial charge in [-0.25, -0.2) is 4.39 Å². The van der Waals surface area contributed by atoms with E-state index in [-0.39, 0.29) is 5.83 Å². The van der Waals surface area contributed by atoms with Gasteiger partial charge in [0.1, 0.15) is 5.83 Å². The summed E-state index contributed by atoms with van der Waals surface area (Å²) in [5, 5.41) is 0.